The summed E-state index contributed by atoms with van der Waals surface area (Å²) in [6.07, 6.45) is 9.50. The van der Waals surface area contributed by atoms with Crippen molar-refractivity contribution in [1.82, 2.24) is 0 Å². The lowest BCUT2D eigenvalue weighted by Crippen LogP contribution is -1.91. The molecule has 0 atom stereocenters. The quantitative estimate of drug-likeness (QED) is 0.512. The van der Waals surface area contributed by atoms with E-state index in [1.165, 1.54) is 66.8 Å². The molecule has 0 nitrogen and oxygen atoms in total. The number of fused-ring (bicyclic) bond motifs is 1. The van der Waals surface area contributed by atoms with Crippen LogP contribution in [0.1, 0.15) is 62.1 Å². The summed E-state index contributed by atoms with van der Waals surface area (Å²) in [6, 6.07) is 11.5. The molecule has 0 heterocycles. The zero-order valence-electron chi connectivity index (χ0n) is 13.3. The third-order valence-electron chi connectivity index (χ3n) is 4.25. The van der Waals surface area contributed by atoms with Crippen molar-refractivity contribution in [3.05, 3.63) is 47.0 Å². The van der Waals surface area contributed by atoms with Gasteiger partial charge < -0.3 is 0 Å². The van der Waals surface area contributed by atoms with Gasteiger partial charge in [-0.2, -0.15) is 0 Å². The van der Waals surface area contributed by atoms with E-state index >= 15 is 0 Å². The van der Waals surface area contributed by atoms with Crippen LogP contribution in [0.4, 0.5) is 0 Å². The molecular weight excluding hydrogens is 240 g/mol. The maximum absolute atomic E-state index is 2.41. The van der Waals surface area contributed by atoms with Crippen LogP contribution in [0.2, 0.25) is 0 Å². The molecule has 0 spiro atoms. The lowest BCUT2D eigenvalue weighted by atomic mass is 9.96. The maximum atomic E-state index is 2.41. The van der Waals surface area contributed by atoms with E-state index in [9.17, 15) is 0 Å². The average molecular weight is 268 g/mol. The summed E-state index contributed by atoms with van der Waals surface area (Å²) >= 11 is 0. The van der Waals surface area contributed by atoms with E-state index in [1.807, 2.05) is 0 Å². The predicted octanol–water partition coefficient (Wildman–Crippen LogP) is 6.36. The molecular formula is C20H28. The third-order valence-corrected chi connectivity index (χ3v) is 4.25. The minimum Gasteiger partial charge on any atom is -0.0654 e. The summed E-state index contributed by atoms with van der Waals surface area (Å²) in [5, 5.41) is 2.77. The van der Waals surface area contributed by atoms with Gasteiger partial charge in [0.2, 0.25) is 0 Å². The molecule has 0 saturated heterocycles. The molecule has 0 radical (unpaired) electrons. The molecule has 0 aliphatic rings. The Morgan fingerprint density at radius 3 is 2.30 bits per heavy atom. The van der Waals surface area contributed by atoms with Crippen LogP contribution in [0.25, 0.3) is 10.8 Å². The van der Waals surface area contributed by atoms with Gasteiger partial charge in [0.25, 0.3) is 0 Å². The third kappa shape index (κ3) is 4.10. The standard InChI is InChI=1S/C20H28/c1-4-5-6-7-8-9-10-18-15-20-13-16(2)11-12-19(20)14-17(18)3/h11-15H,4-10H2,1-3H3. The van der Waals surface area contributed by atoms with Crippen LogP contribution in [-0.4, -0.2) is 0 Å². The molecule has 0 amide bonds. The molecule has 2 aromatic carbocycles. The van der Waals surface area contributed by atoms with Crippen molar-refractivity contribution in [2.45, 2.75) is 65.7 Å². The van der Waals surface area contributed by atoms with Gasteiger partial charge in [0.1, 0.15) is 0 Å². The smallest absolute Gasteiger partial charge is 0.0178 e. The van der Waals surface area contributed by atoms with Gasteiger partial charge in [0, 0.05) is 0 Å². The largest absolute Gasteiger partial charge is 0.0654 e. The second-order valence-corrected chi connectivity index (χ2v) is 6.15. The molecule has 0 unspecified atom stereocenters. The van der Waals surface area contributed by atoms with Crippen LogP contribution in [0.15, 0.2) is 30.3 Å². The molecule has 108 valence electrons. The minimum absolute atomic E-state index is 1.24. The highest BCUT2D eigenvalue weighted by Crippen LogP contribution is 2.22. The number of unbranched alkanes of at least 4 members (excludes halogenated alkanes) is 5. The van der Waals surface area contributed by atoms with Gasteiger partial charge in [-0.25, -0.2) is 0 Å². The van der Waals surface area contributed by atoms with Crippen LogP contribution < -0.4 is 0 Å². The zero-order chi connectivity index (χ0) is 14.4. The maximum Gasteiger partial charge on any atom is -0.0178 e. The summed E-state index contributed by atoms with van der Waals surface area (Å²) in [4.78, 5) is 0. The highest BCUT2D eigenvalue weighted by Gasteiger charge is 2.02. The molecule has 0 heteroatoms. The van der Waals surface area contributed by atoms with E-state index in [0.717, 1.165) is 0 Å². The van der Waals surface area contributed by atoms with Crippen molar-refractivity contribution in [3.63, 3.8) is 0 Å². The Hall–Kier alpha value is -1.30. The van der Waals surface area contributed by atoms with Crippen molar-refractivity contribution >= 4 is 10.8 Å². The lowest BCUT2D eigenvalue weighted by molar-refractivity contribution is 0.607. The average Bonchev–Trinajstić information content (AvgIpc) is 2.43. The monoisotopic (exact) mass is 268 g/mol. The van der Waals surface area contributed by atoms with Gasteiger partial charge in [-0.15, -0.1) is 0 Å². The van der Waals surface area contributed by atoms with Crippen molar-refractivity contribution in [3.8, 4) is 0 Å². The fraction of sp³-hybridized carbons (Fsp3) is 0.500. The summed E-state index contributed by atoms with van der Waals surface area (Å²) < 4.78 is 0. The highest BCUT2D eigenvalue weighted by molar-refractivity contribution is 5.84. The number of aryl methyl sites for hydroxylation is 3. The Bertz CT molecular complexity index is 551. The summed E-state index contributed by atoms with van der Waals surface area (Å²) in [7, 11) is 0. The molecule has 0 fully saturated rings. The van der Waals surface area contributed by atoms with Crippen LogP contribution >= 0.6 is 0 Å². The molecule has 2 aromatic rings. The summed E-state index contributed by atoms with van der Waals surface area (Å²) in [5.74, 6) is 0. The van der Waals surface area contributed by atoms with Crippen LogP contribution in [-0.2, 0) is 6.42 Å². The molecule has 0 aromatic heterocycles. The van der Waals surface area contributed by atoms with Crippen molar-refractivity contribution < 1.29 is 0 Å². The Balaban J connectivity index is 1.97. The molecule has 0 aliphatic heterocycles. The van der Waals surface area contributed by atoms with Crippen LogP contribution in [0, 0.1) is 13.8 Å². The first-order valence-corrected chi connectivity index (χ1v) is 8.20. The van der Waals surface area contributed by atoms with E-state index in [4.69, 9.17) is 0 Å². The fourth-order valence-corrected chi connectivity index (χ4v) is 2.94. The Morgan fingerprint density at radius 1 is 0.750 bits per heavy atom. The molecule has 0 bridgehead atoms. The van der Waals surface area contributed by atoms with Gasteiger partial charge in [-0.3, -0.25) is 0 Å². The van der Waals surface area contributed by atoms with Crippen LogP contribution in [0.3, 0.4) is 0 Å². The van der Waals surface area contributed by atoms with E-state index in [0.29, 0.717) is 0 Å². The number of hydrogen-bond acceptors (Lipinski definition) is 0. The van der Waals surface area contributed by atoms with Crippen molar-refractivity contribution in [2.24, 2.45) is 0 Å². The second-order valence-electron chi connectivity index (χ2n) is 6.15. The van der Waals surface area contributed by atoms with E-state index < -0.39 is 0 Å². The first kappa shape index (κ1) is 15.1. The van der Waals surface area contributed by atoms with Gasteiger partial charge in [0.15, 0.2) is 0 Å². The molecule has 0 saturated carbocycles. The fourth-order valence-electron chi connectivity index (χ4n) is 2.94. The Kier molecular flexibility index (Phi) is 5.64. The van der Waals surface area contributed by atoms with Crippen molar-refractivity contribution in [2.75, 3.05) is 0 Å². The lowest BCUT2D eigenvalue weighted by Gasteiger charge is -2.09. The summed E-state index contributed by atoms with van der Waals surface area (Å²) in [5.41, 5.74) is 4.35. The first-order valence-electron chi connectivity index (χ1n) is 8.20. The topological polar surface area (TPSA) is 0 Å². The number of rotatable bonds is 7. The number of benzene rings is 2. The van der Waals surface area contributed by atoms with Crippen molar-refractivity contribution in [1.29, 1.82) is 0 Å². The predicted molar refractivity (Wildman–Crippen MR) is 90.5 cm³/mol. The van der Waals surface area contributed by atoms with Gasteiger partial charge in [0.05, 0.1) is 0 Å². The molecule has 0 aliphatic carbocycles. The first-order chi connectivity index (χ1) is 9.70. The SMILES string of the molecule is CCCCCCCCc1cc2cc(C)ccc2cc1C. The van der Waals surface area contributed by atoms with E-state index in [1.54, 1.807) is 5.56 Å². The summed E-state index contributed by atoms with van der Waals surface area (Å²) in [6.45, 7) is 6.71. The minimum atomic E-state index is 1.24. The zero-order valence-corrected chi connectivity index (χ0v) is 13.3. The Labute approximate surface area is 124 Å². The van der Waals surface area contributed by atoms with Gasteiger partial charge >= 0.3 is 0 Å². The number of hydrogen-bond donors (Lipinski definition) is 0. The van der Waals surface area contributed by atoms with Gasteiger partial charge in [-0.1, -0.05) is 74.9 Å². The molecule has 2 rings (SSSR count). The molecule has 20 heavy (non-hydrogen) atoms. The molecule has 0 N–H and O–H groups in total. The van der Waals surface area contributed by atoms with E-state index in [2.05, 4.69) is 51.1 Å². The Morgan fingerprint density at radius 2 is 1.50 bits per heavy atom. The second kappa shape index (κ2) is 7.47. The van der Waals surface area contributed by atoms with Crippen LogP contribution in [0.5, 0.6) is 0 Å². The highest BCUT2D eigenvalue weighted by atomic mass is 14.1. The van der Waals surface area contributed by atoms with Gasteiger partial charge in [-0.05, 0) is 48.6 Å². The van der Waals surface area contributed by atoms with E-state index in [-0.39, 0.29) is 0 Å². The normalized spacial score (nSPS) is 11.2.